The van der Waals surface area contributed by atoms with Crippen LogP contribution >= 0.6 is 0 Å². The highest BCUT2D eigenvalue weighted by atomic mass is 32.3. The number of ether oxygens (including phenoxy) is 1. The summed E-state index contributed by atoms with van der Waals surface area (Å²) in [4.78, 5) is 39.0. The van der Waals surface area contributed by atoms with E-state index in [1.807, 2.05) is 0 Å². The van der Waals surface area contributed by atoms with E-state index in [0.29, 0.717) is 21.4 Å². The summed E-state index contributed by atoms with van der Waals surface area (Å²) in [5.74, 6) is 5.01. The van der Waals surface area contributed by atoms with Crippen LogP contribution in [0.15, 0.2) is 24.3 Å². The van der Waals surface area contributed by atoms with Gasteiger partial charge in [0.2, 0.25) is 5.91 Å². The standard InChI is InChI=1S/C19H25N5O8S/c20-23(17(25)9-12-1-4-14(5-2-12)31-15-7-8-21-10-15)18(26)16-6-3-13-11-22(16)19(27)24(13)32-33(28,29)30/h1-2,4-5,13,15-16,21H,3,6-11,20H2,(H,28,29,30)/t13-,15+,16+/m1/s1. The third-order valence-corrected chi connectivity index (χ3v) is 6.23. The minimum atomic E-state index is -4.90. The number of hydrazine groups is 1. The summed E-state index contributed by atoms with van der Waals surface area (Å²) in [7, 11) is -4.90. The Bertz CT molecular complexity index is 1030. The highest BCUT2D eigenvalue weighted by Crippen LogP contribution is 2.31. The van der Waals surface area contributed by atoms with Crippen LogP contribution in [0.25, 0.3) is 0 Å². The van der Waals surface area contributed by atoms with Gasteiger partial charge in [-0.1, -0.05) is 12.1 Å². The van der Waals surface area contributed by atoms with Crippen LogP contribution < -0.4 is 15.9 Å². The number of piperidine rings is 1. The van der Waals surface area contributed by atoms with Crippen LogP contribution in [0.1, 0.15) is 24.8 Å². The number of nitrogens with zero attached hydrogens (tertiary/aromatic N) is 3. The third kappa shape index (κ3) is 5.25. The Balaban J connectivity index is 1.35. The van der Waals surface area contributed by atoms with Crippen molar-refractivity contribution in [2.75, 3.05) is 19.6 Å². The monoisotopic (exact) mass is 483 g/mol. The van der Waals surface area contributed by atoms with Crippen LogP contribution in [0.5, 0.6) is 5.75 Å². The highest BCUT2D eigenvalue weighted by molar-refractivity contribution is 7.80. The number of urea groups is 1. The number of hydrogen-bond donors (Lipinski definition) is 3. The minimum absolute atomic E-state index is 0.00473. The quantitative estimate of drug-likeness (QED) is 0.193. The van der Waals surface area contributed by atoms with Gasteiger partial charge >= 0.3 is 16.4 Å². The number of nitrogens with one attached hydrogen (secondary N) is 1. The van der Waals surface area contributed by atoms with Gasteiger partial charge in [0.15, 0.2) is 0 Å². The first-order valence-corrected chi connectivity index (χ1v) is 11.8. The molecule has 1 aromatic rings. The van der Waals surface area contributed by atoms with Gasteiger partial charge in [0.05, 0.1) is 12.5 Å². The molecule has 3 aliphatic rings. The number of nitrogens with two attached hydrogens (primary N) is 1. The maximum absolute atomic E-state index is 12.8. The first kappa shape index (κ1) is 23.4. The maximum atomic E-state index is 12.8. The summed E-state index contributed by atoms with van der Waals surface area (Å²) in [5.41, 5.74) is 0.633. The molecule has 4 rings (SSSR count). The minimum Gasteiger partial charge on any atom is -0.489 e. The topological polar surface area (TPSA) is 172 Å². The molecule has 3 saturated heterocycles. The molecule has 0 aromatic heterocycles. The Morgan fingerprint density at radius 1 is 1.21 bits per heavy atom. The van der Waals surface area contributed by atoms with Crippen molar-refractivity contribution in [1.82, 2.24) is 20.3 Å². The van der Waals surface area contributed by atoms with Crippen LogP contribution in [-0.4, -0.2) is 83.6 Å². The van der Waals surface area contributed by atoms with Crippen LogP contribution in [0, 0.1) is 0 Å². The largest absolute Gasteiger partial charge is 0.489 e. The van der Waals surface area contributed by atoms with Gasteiger partial charge in [0.25, 0.3) is 5.91 Å². The van der Waals surface area contributed by atoms with E-state index in [-0.39, 0.29) is 31.9 Å². The van der Waals surface area contributed by atoms with Crippen LogP contribution in [-0.2, 0) is 30.7 Å². The van der Waals surface area contributed by atoms with Crippen molar-refractivity contribution in [1.29, 1.82) is 0 Å². The van der Waals surface area contributed by atoms with Crippen molar-refractivity contribution in [2.45, 2.75) is 43.9 Å². The Labute approximate surface area is 190 Å². The molecular weight excluding hydrogens is 458 g/mol. The van der Waals surface area contributed by atoms with E-state index in [1.54, 1.807) is 24.3 Å². The fraction of sp³-hybridized carbons (Fsp3) is 0.526. The van der Waals surface area contributed by atoms with Gasteiger partial charge in [-0.2, -0.15) is 13.5 Å². The zero-order chi connectivity index (χ0) is 23.8. The number of rotatable bonds is 7. The zero-order valence-corrected chi connectivity index (χ0v) is 18.4. The molecule has 13 nitrogen and oxygen atoms in total. The lowest BCUT2D eigenvalue weighted by atomic mass is 10.00. The van der Waals surface area contributed by atoms with E-state index in [9.17, 15) is 22.8 Å². The summed E-state index contributed by atoms with van der Waals surface area (Å²) in [6.07, 6.45) is 1.29. The number of fused-ring (bicyclic) bond motifs is 2. The molecule has 3 heterocycles. The number of carbonyl (C=O) groups is 3. The van der Waals surface area contributed by atoms with Gasteiger partial charge < -0.3 is 15.0 Å². The lowest BCUT2D eigenvalue weighted by Gasteiger charge is -2.31. The SMILES string of the molecule is NN(C(=O)Cc1ccc(O[C@H]2CCNC2)cc1)C(=O)[C@@H]1CC[C@@H]2CN1C(=O)N2OS(=O)(=O)O. The highest BCUT2D eigenvalue weighted by Gasteiger charge is 2.50. The second-order valence-electron chi connectivity index (χ2n) is 8.17. The van der Waals surface area contributed by atoms with Crippen molar-refractivity contribution in [2.24, 2.45) is 5.84 Å². The zero-order valence-electron chi connectivity index (χ0n) is 17.6. The molecule has 0 unspecified atom stereocenters. The maximum Gasteiger partial charge on any atom is 0.418 e. The number of amides is 4. The molecule has 1 aromatic carbocycles. The Hall–Kier alpha value is -2.78. The Morgan fingerprint density at radius 2 is 1.94 bits per heavy atom. The molecule has 0 aliphatic carbocycles. The molecular formula is C19H25N5O8S. The molecule has 33 heavy (non-hydrogen) atoms. The Morgan fingerprint density at radius 3 is 2.58 bits per heavy atom. The van der Waals surface area contributed by atoms with Crippen molar-refractivity contribution in [3.8, 4) is 5.75 Å². The summed E-state index contributed by atoms with van der Waals surface area (Å²) < 4.78 is 41.0. The first-order chi connectivity index (χ1) is 15.6. The van der Waals surface area contributed by atoms with Crippen molar-refractivity contribution in [3.05, 3.63) is 29.8 Å². The van der Waals surface area contributed by atoms with Gasteiger partial charge in [-0.25, -0.2) is 15.6 Å². The normalized spacial score (nSPS) is 24.8. The Kier molecular flexibility index (Phi) is 6.54. The summed E-state index contributed by atoms with van der Waals surface area (Å²) in [5, 5.41) is 4.22. The van der Waals surface area contributed by atoms with E-state index < -0.39 is 40.3 Å². The smallest absolute Gasteiger partial charge is 0.418 e. The predicted octanol–water partition coefficient (Wildman–Crippen LogP) is -0.798. The second kappa shape index (κ2) is 9.23. The number of carbonyl (C=O) groups excluding carboxylic acids is 3. The summed E-state index contributed by atoms with van der Waals surface area (Å²) in [6, 6.07) is 4.33. The van der Waals surface area contributed by atoms with Gasteiger partial charge in [-0.15, -0.1) is 4.28 Å². The van der Waals surface area contributed by atoms with Crippen LogP contribution in [0.4, 0.5) is 4.79 Å². The molecule has 2 bridgehead atoms. The number of imide groups is 1. The van der Waals surface area contributed by atoms with E-state index in [4.69, 9.17) is 15.1 Å². The van der Waals surface area contributed by atoms with Gasteiger partial charge in [-0.3, -0.25) is 14.1 Å². The molecule has 14 heteroatoms. The molecule has 3 atom stereocenters. The average Bonchev–Trinajstić information content (AvgIpc) is 3.36. The lowest BCUT2D eigenvalue weighted by molar-refractivity contribution is -0.148. The van der Waals surface area contributed by atoms with E-state index in [2.05, 4.69) is 9.60 Å². The van der Waals surface area contributed by atoms with Gasteiger partial charge in [-0.05, 0) is 43.5 Å². The van der Waals surface area contributed by atoms with E-state index in [0.717, 1.165) is 24.4 Å². The average molecular weight is 484 g/mol. The van der Waals surface area contributed by atoms with Crippen LogP contribution in [0.3, 0.4) is 0 Å². The summed E-state index contributed by atoms with van der Waals surface area (Å²) in [6.45, 7) is 1.70. The molecule has 0 saturated carbocycles. The first-order valence-electron chi connectivity index (χ1n) is 10.5. The molecule has 0 spiro atoms. The van der Waals surface area contributed by atoms with Crippen molar-refractivity contribution < 1.29 is 36.4 Å². The fourth-order valence-corrected chi connectivity index (χ4v) is 4.63. The van der Waals surface area contributed by atoms with Crippen molar-refractivity contribution >= 4 is 28.2 Å². The lowest BCUT2D eigenvalue weighted by Crippen LogP contribution is -2.55. The van der Waals surface area contributed by atoms with Crippen molar-refractivity contribution in [3.63, 3.8) is 0 Å². The fourth-order valence-electron chi connectivity index (χ4n) is 4.24. The molecule has 0 radical (unpaired) electrons. The van der Waals surface area contributed by atoms with E-state index in [1.165, 1.54) is 0 Å². The third-order valence-electron chi connectivity index (χ3n) is 5.89. The van der Waals surface area contributed by atoms with Crippen LogP contribution in [0.2, 0.25) is 0 Å². The molecule has 4 N–H and O–H groups in total. The van der Waals surface area contributed by atoms with Gasteiger partial charge in [0, 0.05) is 13.1 Å². The number of hydroxylamine groups is 2. The second-order valence-corrected chi connectivity index (χ2v) is 9.17. The summed E-state index contributed by atoms with van der Waals surface area (Å²) >= 11 is 0. The number of benzene rings is 1. The van der Waals surface area contributed by atoms with Gasteiger partial charge in [0.1, 0.15) is 17.9 Å². The predicted molar refractivity (Wildman–Crippen MR) is 111 cm³/mol. The molecule has 4 amide bonds. The number of hydrogen-bond acceptors (Lipinski definition) is 9. The molecule has 3 aliphatic heterocycles. The van der Waals surface area contributed by atoms with E-state index >= 15 is 0 Å². The molecule has 3 fully saturated rings. The molecule has 180 valence electrons.